The Labute approximate surface area is 394 Å². The number of ether oxygens (including phenoxy) is 2. The van der Waals surface area contributed by atoms with Crippen LogP contribution in [0.25, 0.3) is 0 Å². The van der Waals surface area contributed by atoms with E-state index >= 15 is 0 Å². The smallest absolute Gasteiger partial charge is 0.306 e. The number of hydrogen-bond donors (Lipinski definition) is 1. The molecule has 5 heteroatoms. The van der Waals surface area contributed by atoms with Crippen LogP contribution >= 0.6 is 0 Å². The number of rotatable bonds is 53. The quantitative estimate of drug-likeness (QED) is 0.0374. The molecule has 0 saturated carbocycles. The van der Waals surface area contributed by atoms with Gasteiger partial charge in [-0.1, -0.05) is 282 Å². The van der Waals surface area contributed by atoms with Crippen LogP contribution in [0.2, 0.25) is 0 Å². The summed E-state index contributed by atoms with van der Waals surface area (Å²) in [5, 5.41) is 9.64. The molecule has 0 aliphatic rings. The van der Waals surface area contributed by atoms with Crippen LogP contribution in [0.3, 0.4) is 0 Å². The maximum Gasteiger partial charge on any atom is 0.306 e. The zero-order chi connectivity index (χ0) is 45.6. The van der Waals surface area contributed by atoms with Crippen molar-refractivity contribution < 1.29 is 24.2 Å². The zero-order valence-electron chi connectivity index (χ0n) is 42.6. The molecule has 1 unspecified atom stereocenters. The summed E-state index contributed by atoms with van der Waals surface area (Å²) in [7, 11) is 0. The highest BCUT2D eigenvalue weighted by molar-refractivity contribution is 5.70. The highest BCUT2D eigenvalue weighted by Crippen LogP contribution is 2.17. The monoisotopic (exact) mass is 887 g/mol. The van der Waals surface area contributed by atoms with Gasteiger partial charge in [-0.3, -0.25) is 9.59 Å². The fourth-order valence-electron chi connectivity index (χ4n) is 8.71. The summed E-state index contributed by atoms with van der Waals surface area (Å²) < 4.78 is 10.7. The second-order valence-corrected chi connectivity index (χ2v) is 19.4. The normalized spacial score (nSPS) is 12.2. The van der Waals surface area contributed by atoms with Gasteiger partial charge in [0.25, 0.3) is 0 Å². The van der Waals surface area contributed by atoms with E-state index in [1.165, 1.54) is 250 Å². The van der Waals surface area contributed by atoms with Crippen molar-refractivity contribution in [3.05, 3.63) is 24.3 Å². The van der Waals surface area contributed by atoms with Gasteiger partial charge in [0.05, 0.1) is 6.61 Å². The predicted molar refractivity (Wildman–Crippen MR) is 275 cm³/mol. The molecule has 0 aromatic heterocycles. The maximum atomic E-state index is 12.3. The van der Waals surface area contributed by atoms with Gasteiger partial charge in [-0.15, -0.1) is 0 Å². The molecule has 0 bridgehead atoms. The molecule has 63 heavy (non-hydrogen) atoms. The molecule has 0 radical (unpaired) electrons. The van der Waals surface area contributed by atoms with Gasteiger partial charge < -0.3 is 14.6 Å². The van der Waals surface area contributed by atoms with Crippen LogP contribution in [0.4, 0.5) is 0 Å². The summed E-state index contributed by atoms with van der Waals surface area (Å²) in [5.41, 5.74) is 0. The zero-order valence-corrected chi connectivity index (χ0v) is 42.6. The molecule has 372 valence electrons. The van der Waals surface area contributed by atoms with E-state index < -0.39 is 6.10 Å². The van der Waals surface area contributed by atoms with Crippen LogP contribution in [-0.2, 0) is 19.1 Å². The molecular formula is C58H110O5. The number of hydrogen-bond acceptors (Lipinski definition) is 5. The van der Waals surface area contributed by atoms with Crippen molar-refractivity contribution in [1.29, 1.82) is 0 Å². The van der Waals surface area contributed by atoms with Crippen LogP contribution in [0.5, 0.6) is 0 Å². The molecule has 5 nitrogen and oxygen atoms in total. The first kappa shape index (κ1) is 61.4. The van der Waals surface area contributed by atoms with Crippen LogP contribution < -0.4 is 0 Å². The second kappa shape index (κ2) is 54.7. The molecule has 0 aromatic carbocycles. The lowest BCUT2D eigenvalue weighted by Gasteiger charge is -2.15. The Kier molecular flexibility index (Phi) is 53.3. The van der Waals surface area contributed by atoms with Crippen LogP contribution in [-0.4, -0.2) is 36.4 Å². The molecule has 0 saturated heterocycles. The molecule has 0 heterocycles. The number of carbonyl (C=O) groups is 2. The second-order valence-electron chi connectivity index (χ2n) is 19.4. The van der Waals surface area contributed by atoms with Gasteiger partial charge in [0, 0.05) is 12.8 Å². The Morgan fingerprint density at radius 2 is 0.635 bits per heavy atom. The number of aliphatic hydroxyl groups is 1. The average molecular weight is 888 g/mol. The summed E-state index contributed by atoms with van der Waals surface area (Å²) in [4.78, 5) is 24.5. The van der Waals surface area contributed by atoms with Crippen molar-refractivity contribution in [2.24, 2.45) is 0 Å². The highest BCUT2D eigenvalue weighted by Gasteiger charge is 2.16. The van der Waals surface area contributed by atoms with Gasteiger partial charge in [-0.25, -0.2) is 0 Å². The summed E-state index contributed by atoms with van der Waals surface area (Å²) in [6.45, 7) is 4.18. The molecule has 0 spiro atoms. The topological polar surface area (TPSA) is 72.8 Å². The van der Waals surface area contributed by atoms with Crippen molar-refractivity contribution in [3.8, 4) is 0 Å². The maximum absolute atomic E-state index is 12.3. The summed E-state index contributed by atoms with van der Waals surface area (Å²) in [6.07, 6.45) is 68.8. The number of allylic oxidation sites excluding steroid dienone is 4. The molecule has 0 amide bonds. The summed E-state index contributed by atoms with van der Waals surface area (Å²) in [6, 6.07) is 0. The van der Waals surface area contributed by atoms with Gasteiger partial charge >= 0.3 is 11.9 Å². The molecule has 0 fully saturated rings. The minimum Gasteiger partial charge on any atom is -0.462 e. The fraction of sp³-hybridized carbons (Fsp3) is 0.897. The third-order valence-electron chi connectivity index (χ3n) is 13.0. The van der Waals surface area contributed by atoms with E-state index in [0.29, 0.717) is 12.8 Å². The third kappa shape index (κ3) is 52.9. The van der Waals surface area contributed by atoms with Crippen molar-refractivity contribution in [2.75, 3.05) is 13.2 Å². The number of esters is 2. The van der Waals surface area contributed by atoms with E-state index in [2.05, 4.69) is 38.2 Å². The first-order chi connectivity index (χ1) is 31.1. The van der Waals surface area contributed by atoms with Crippen molar-refractivity contribution >= 4 is 11.9 Å². The van der Waals surface area contributed by atoms with E-state index in [-0.39, 0.29) is 25.2 Å². The SMILES string of the molecule is CCCCCCC/C=C\C/C=C\CCCCCCCCCCCCCCCCCCCCCCCC(=O)OC(CO)COC(=O)CCCCCCCCCCCCCCCCCC. The molecule has 0 aliphatic heterocycles. The van der Waals surface area contributed by atoms with Crippen LogP contribution in [0.15, 0.2) is 24.3 Å². The summed E-state index contributed by atoms with van der Waals surface area (Å²) in [5.74, 6) is -0.570. The lowest BCUT2D eigenvalue weighted by Crippen LogP contribution is -2.28. The van der Waals surface area contributed by atoms with Crippen molar-refractivity contribution in [2.45, 2.75) is 322 Å². The molecule has 0 aliphatic carbocycles. The molecule has 1 atom stereocenters. The molecular weight excluding hydrogens is 777 g/mol. The molecule has 0 rings (SSSR count). The molecule has 0 aromatic rings. The van der Waals surface area contributed by atoms with E-state index in [9.17, 15) is 14.7 Å². The Bertz CT molecular complexity index is 959. The van der Waals surface area contributed by atoms with Crippen molar-refractivity contribution in [1.82, 2.24) is 0 Å². The van der Waals surface area contributed by atoms with E-state index in [1.54, 1.807) is 0 Å². The van der Waals surface area contributed by atoms with Gasteiger partial charge in [-0.2, -0.15) is 0 Å². The number of carbonyl (C=O) groups excluding carboxylic acids is 2. The Morgan fingerprint density at radius 3 is 0.937 bits per heavy atom. The average Bonchev–Trinajstić information content (AvgIpc) is 3.29. The first-order valence-corrected chi connectivity index (χ1v) is 28.4. The molecule has 1 N–H and O–H groups in total. The van der Waals surface area contributed by atoms with Crippen molar-refractivity contribution in [3.63, 3.8) is 0 Å². The Hall–Kier alpha value is -1.62. The number of unbranched alkanes of at least 4 members (excludes halogenated alkanes) is 41. The summed E-state index contributed by atoms with van der Waals surface area (Å²) >= 11 is 0. The van der Waals surface area contributed by atoms with E-state index in [4.69, 9.17) is 9.47 Å². The first-order valence-electron chi connectivity index (χ1n) is 28.4. The van der Waals surface area contributed by atoms with Gasteiger partial charge in [0.2, 0.25) is 0 Å². The van der Waals surface area contributed by atoms with Crippen LogP contribution in [0.1, 0.15) is 316 Å². The largest absolute Gasteiger partial charge is 0.462 e. The van der Waals surface area contributed by atoms with E-state index in [0.717, 1.165) is 38.5 Å². The van der Waals surface area contributed by atoms with E-state index in [1.807, 2.05) is 0 Å². The standard InChI is InChI=1S/C58H110O5/c1-3-5-7-9-11-13-15-17-19-21-22-23-24-25-26-27-28-29-30-31-32-33-34-35-36-37-39-41-43-45-47-49-51-53-58(61)63-56(54-59)55-62-57(60)52-50-48-46-44-42-40-38-20-18-16-14-12-10-8-6-4-2/h15,17,21-22,56,59H,3-14,16,18-20,23-55H2,1-2H3/b17-15-,22-21-. The minimum absolute atomic E-state index is 0.0582. The minimum atomic E-state index is -0.766. The predicted octanol–water partition coefficient (Wildman–Crippen LogP) is 18.9. The van der Waals surface area contributed by atoms with Gasteiger partial charge in [0.15, 0.2) is 6.10 Å². The van der Waals surface area contributed by atoms with Crippen LogP contribution in [0, 0.1) is 0 Å². The fourth-order valence-corrected chi connectivity index (χ4v) is 8.71. The third-order valence-corrected chi connectivity index (χ3v) is 13.0. The lowest BCUT2D eigenvalue weighted by atomic mass is 10.0. The lowest BCUT2D eigenvalue weighted by molar-refractivity contribution is -0.161. The van der Waals surface area contributed by atoms with Gasteiger partial charge in [0.1, 0.15) is 6.61 Å². The van der Waals surface area contributed by atoms with Gasteiger partial charge in [-0.05, 0) is 44.9 Å². The Balaban J connectivity index is 3.39. The Morgan fingerprint density at radius 1 is 0.365 bits per heavy atom. The highest BCUT2D eigenvalue weighted by atomic mass is 16.6. The number of aliphatic hydroxyl groups excluding tert-OH is 1.